The van der Waals surface area contributed by atoms with E-state index in [2.05, 4.69) is 15.2 Å². The highest BCUT2D eigenvalue weighted by Crippen LogP contribution is 2.28. The van der Waals surface area contributed by atoms with E-state index >= 15 is 0 Å². The number of carbonyl (C=O) groups is 1. The number of nitrogens with one attached hydrogen (secondary N) is 1. The van der Waals surface area contributed by atoms with Crippen molar-refractivity contribution < 1.29 is 22.7 Å². The molecule has 1 fully saturated rings. The molecule has 36 heavy (non-hydrogen) atoms. The number of pyridine rings is 2. The third kappa shape index (κ3) is 7.09. The van der Waals surface area contributed by atoms with Gasteiger partial charge in [-0.15, -0.1) is 0 Å². The van der Waals surface area contributed by atoms with Gasteiger partial charge in [-0.25, -0.2) is 4.98 Å². The fourth-order valence-corrected chi connectivity index (χ4v) is 5.08. The number of nitrogens with zero attached hydrogens (tertiary/aromatic N) is 3. The van der Waals surface area contributed by atoms with Gasteiger partial charge in [0.2, 0.25) is 5.88 Å². The van der Waals surface area contributed by atoms with Gasteiger partial charge >= 0.3 is 6.18 Å². The van der Waals surface area contributed by atoms with Crippen LogP contribution in [0.15, 0.2) is 35.1 Å². The zero-order valence-corrected chi connectivity index (χ0v) is 20.5. The Hall–Kier alpha value is -2.88. The molecule has 2 aromatic heterocycles. The molecule has 0 atom stereocenters. The molecule has 0 unspecified atom stereocenters. The molecule has 0 saturated heterocycles. The van der Waals surface area contributed by atoms with Crippen molar-refractivity contribution >= 4 is 5.91 Å². The monoisotopic (exact) mass is 506 g/mol. The Morgan fingerprint density at radius 1 is 1.11 bits per heavy atom. The van der Waals surface area contributed by atoms with E-state index in [1.54, 1.807) is 19.2 Å². The van der Waals surface area contributed by atoms with Gasteiger partial charge < -0.3 is 19.5 Å². The summed E-state index contributed by atoms with van der Waals surface area (Å²) in [6.45, 7) is 1.37. The number of amides is 1. The van der Waals surface area contributed by atoms with Gasteiger partial charge in [0.05, 0.1) is 0 Å². The third-order valence-corrected chi connectivity index (χ3v) is 7.24. The molecular weight excluding hydrogens is 473 g/mol. The number of hydrogen-bond acceptors (Lipinski definition) is 5. The van der Waals surface area contributed by atoms with E-state index in [-0.39, 0.29) is 23.4 Å². The zero-order chi connectivity index (χ0) is 25.7. The number of alkyl halides is 3. The number of hydrogen-bond donors (Lipinski definition) is 1. The lowest BCUT2D eigenvalue weighted by Crippen LogP contribution is -2.40. The lowest BCUT2D eigenvalue weighted by atomic mass is 9.84. The second kappa shape index (κ2) is 11.5. The third-order valence-electron chi connectivity index (χ3n) is 7.24. The molecule has 1 amide bonds. The smallest absolute Gasteiger partial charge is 0.422 e. The van der Waals surface area contributed by atoms with Crippen LogP contribution in [0.25, 0.3) is 0 Å². The summed E-state index contributed by atoms with van der Waals surface area (Å²) in [5.41, 5.74) is 2.07. The molecule has 1 saturated carbocycles. The van der Waals surface area contributed by atoms with Crippen molar-refractivity contribution in [2.45, 2.75) is 57.2 Å². The second-order valence-electron chi connectivity index (χ2n) is 9.79. The van der Waals surface area contributed by atoms with Crippen LogP contribution in [0, 0.1) is 5.92 Å². The summed E-state index contributed by atoms with van der Waals surface area (Å²) in [6.07, 6.45) is 2.17. The zero-order valence-electron chi connectivity index (χ0n) is 20.5. The predicted octanol–water partition coefficient (Wildman–Crippen LogP) is 3.50. The minimum absolute atomic E-state index is 0.0258. The van der Waals surface area contributed by atoms with E-state index in [1.807, 2.05) is 6.07 Å². The molecule has 0 aromatic carbocycles. The topological polar surface area (TPSA) is 76.5 Å². The Morgan fingerprint density at radius 2 is 1.86 bits per heavy atom. The van der Waals surface area contributed by atoms with E-state index in [9.17, 15) is 22.8 Å². The molecule has 2 aliphatic rings. The molecule has 1 N–H and O–H groups in total. The number of rotatable bonds is 7. The Balaban J connectivity index is 1.19. The van der Waals surface area contributed by atoms with Gasteiger partial charge in [0.15, 0.2) is 6.61 Å². The molecule has 0 bridgehead atoms. The highest BCUT2D eigenvalue weighted by molar-refractivity contribution is 5.92. The fraction of sp³-hybridized carbons (Fsp3) is 0.577. The summed E-state index contributed by atoms with van der Waals surface area (Å²) >= 11 is 0. The van der Waals surface area contributed by atoms with Gasteiger partial charge in [0.25, 0.3) is 11.5 Å². The van der Waals surface area contributed by atoms with E-state index in [0.717, 1.165) is 69.4 Å². The molecule has 2 aromatic rings. The molecule has 1 aliphatic carbocycles. The predicted molar refractivity (Wildman–Crippen MR) is 129 cm³/mol. The van der Waals surface area contributed by atoms with Gasteiger partial charge in [-0.3, -0.25) is 9.59 Å². The van der Waals surface area contributed by atoms with Crippen molar-refractivity contribution in [1.82, 2.24) is 19.8 Å². The lowest BCUT2D eigenvalue weighted by Gasteiger charge is -2.31. The first-order valence-corrected chi connectivity index (χ1v) is 12.6. The lowest BCUT2D eigenvalue weighted by molar-refractivity contribution is -0.154. The number of ether oxygens (including phenoxy) is 1. The molecule has 0 radical (unpaired) electrons. The van der Waals surface area contributed by atoms with Crippen LogP contribution < -0.4 is 15.6 Å². The summed E-state index contributed by atoms with van der Waals surface area (Å²) in [4.78, 5) is 31.1. The molecule has 3 heterocycles. The average Bonchev–Trinajstić information content (AvgIpc) is 3.05. The van der Waals surface area contributed by atoms with Crippen LogP contribution in [-0.2, 0) is 19.9 Å². The van der Waals surface area contributed by atoms with Gasteiger partial charge in [0.1, 0.15) is 5.69 Å². The number of halogens is 3. The van der Waals surface area contributed by atoms with Crippen molar-refractivity contribution in [2.24, 2.45) is 13.0 Å². The molecule has 10 heteroatoms. The summed E-state index contributed by atoms with van der Waals surface area (Å²) in [5, 5.41) is 3.08. The Labute approximate surface area is 208 Å². The highest BCUT2D eigenvalue weighted by atomic mass is 19.4. The maximum Gasteiger partial charge on any atom is 0.422 e. The maximum absolute atomic E-state index is 12.6. The summed E-state index contributed by atoms with van der Waals surface area (Å²) < 4.78 is 43.4. The van der Waals surface area contributed by atoms with E-state index < -0.39 is 12.8 Å². The van der Waals surface area contributed by atoms with Crippen LogP contribution in [0.2, 0.25) is 0 Å². The average molecular weight is 507 g/mol. The van der Waals surface area contributed by atoms with Crippen LogP contribution in [0.5, 0.6) is 5.88 Å². The first-order valence-electron chi connectivity index (χ1n) is 12.6. The van der Waals surface area contributed by atoms with Gasteiger partial charge in [-0.1, -0.05) is 12.1 Å². The molecule has 4 rings (SSSR count). The van der Waals surface area contributed by atoms with Gasteiger partial charge in [0, 0.05) is 50.4 Å². The van der Waals surface area contributed by atoms with Crippen molar-refractivity contribution in [3.8, 4) is 5.88 Å². The minimum Gasteiger partial charge on any atom is -0.468 e. The van der Waals surface area contributed by atoms with Crippen LogP contribution in [0.3, 0.4) is 0 Å². The van der Waals surface area contributed by atoms with Crippen LogP contribution >= 0.6 is 0 Å². The Kier molecular flexibility index (Phi) is 8.33. The van der Waals surface area contributed by atoms with Crippen LogP contribution in [-0.4, -0.2) is 58.8 Å². The molecule has 7 nitrogen and oxygen atoms in total. The highest BCUT2D eigenvalue weighted by Gasteiger charge is 2.29. The largest absolute Gasteiger partial charge is 0.468 e. The molecule has 0 spiro atoms. The fourth-order valence-electron chi connectivity index (χ4n) is 5.08. The summed E-state index contributed by atoms with van der Waals surface area (Å²) in [5.74, 6) is 0.423. The normalized spacial score (nSPS) is 20.9. The number of aromatic nitrogens is 2. The van der Waals surface area contributed by atoms with Gasteiger partial charge in [-0.05, 0) is 62.6 Å². The van der Waals surface area contributed by atoms with Crippen molar-refractivity contribution in [3.63, 3.8) is 0 Å². The molecule has 1 aliphatic heterocycles. The van der Waals surface area contributed by atoms with Crippen LogP contribution in [0.1, 0.15) is 53.8 Å². The second-order valence-corrected chi connectivity index (χ2v) is 9.79. The number of fused-ring (bicyclic) bond motifs is 1. The van der Waals surface area contributed by atoms with Gasteiger partial charge in [-0.2, -0.15) is 13.2 Å². The molecule has 196 valence electrons. The van der Waals surface area contributed by atoms with Crippen molar-refractivity contribution in [3.05, 3.63) is 57.6 Å². The first kappa shape index (κ1) is 26.2. The van der Waals surface area contributed by atoms with Crippen molar-refractivity contribution in [2.75, 3.05) is 26.2 Å². The SMILES string of the molecule is Cn1c(C(=O)NC2CCC(CCN3CCc4ccc(OCC(F)(F)F)nc4CC3)CC2)cccc1=O. The van der Waals surface area contributed by atoms with E-state index in [0.29, 0.717) is 18.0 Å². The van der Waals surface area contributed by atoms with E-state index in [4.69, 9.17) is 4.74 Å². The standard InChI is InChI=1S/C26H33F3N4O3/c1-32-22(3-2-4-24(32)34)25(35)30-20-8-5-18(6-9-20)11-14-33-15-12-19-7-10-23(31-21(19)13-16-33)36-17-26(27,28)29/h2-4,7,10,18,20H,5-6,8-9,11-17H2,1H3,(H,30,35). The quantitative estimate of drug-likeness (QED) is 0.622. The van der Waals surface area contributed by atoms with E-state index in [1.165, 1.54) is 16.7 Å². The van der Waals surface area contributed by atoms with Crippen molar-refractivity contribution in [1.29, 1.82) is 0 Å². The number of carbonyl (C=O) groups excluding carboxylic acids is 1. The Morgan fingerprint density at radius 3 is 2.61 bits per heavy atom. The van der Waals surface area contributed by atoms with Crippen LogP contribution in [0.4, 0.5) is 13.2 Å². The first-order chi connectivity index (χ1) is 17.2. The maximum atomic E-state index is 12.6. The minimum atomic E-state index is -4.38. The summed E-state index contributed by atoms with van der Waals surface area (Å²) in [6, 6.07) is 8.18. The molecular formula is C26H33F3N4O3. The Bertz CT molecular complexity index is 1110. The summed E-state index contributed by atoms with van der Waals surface area (Å²) in [7, 11) is 1.60.